The molecule has 2 atom stereocenters. The first-order valence-electron chi connectivity index (χ1n) is 8.77. The Morgan fingerprint density at radius 3 is 2.83 bits per heavy atom. The second kappa shape index (κ2) is 5.87. The molecule has 126 valence electrons. The fourth-order valence-electron chi connectivity index (χ4n) is 3.98. The maximum atomic E-state index is 12.8. The van der Waals surface area contributed by atoms with Crippen molar-refractivity contribution in [3.63, 3.8) is 0 Å². The lowest BCUT2D eigenvalue weighted by molar-refractivity contribution is -0.189. The van der Waals surface area contributed by atoms with Crippen molar-refractivity contribution in [2.75, 3.05) is 19.7 Å². The molecule has 3 heterocycles. The fraction of sp³-hybridized carbons (Fsp3) is 0.722. The van der Waals surface area contributed by atoms with E-state index < -0.39 is 5.79 Å². The van der Waals surface area contributed by atoms with E-state index >= 15 is 0 Å². The molecule has 4 rings (SSSR count). The first kappa shape index (κ1) is 15.6. The van der Waals surface area contributed by atoms with Crippen molar-refractivity contribution in [2.24, 2.45) is 5.92 Å². The Kier molecular flexibility index (Phi) is 3.98. The average molecular weight is 335 g/mol. The number of hydrogen-bond acceptors (Lipinski definition) is 4. The third-order valence-electron chi connectivity index (χ3n) is 5.35. The molecule has 2 aliphatic heterocycles. The zero-order valence-corrected chi connectivity index (χ0v) is 14.8. The minimum absolute atomic E-state index is 0.170. The number of hydrogen-bond donors (Lipinski definition) is 0. The second-order valence-electron chi connectivity index (χ2n) is 7.35. The summed E-state index contributed by atoms with van der Waals surface area (Å²) in [4.78, 5) is 17.1. The molecule has 0 bridgehead atoms. The van der Waals surface area contributed by atoms with Crippen molar-refractivity contribution in [1.29, 1.82) is 0 Å². The van der Waals surface area contributed by atoms with E-state index in [1.807, 2.05) is 11.8 Å². The molecule has 1 amide bonds. The van der Waals surface area contributed by atoms with Gasteiger partial charge in [0.05, 0.1) is 17.6 Å². The van der Waals surface area contributed by atoms with Gasteiger partial charge < -0.3 is 14.4 Å². The first-order valence-corrected chi connectivity index (χ1v) is 9.59. The van der Waals surface area contributed by atoms with Crippen molar-refractivity contribution in [3.8, 4) is 0 Å². The molecule has 1 aliphatic carbocycles. The Morgan fingerprint density at radius 2 is 2.13 bits per heavy atom. The Balaban J connectivity index is 1.42. The summed E-state index contributed by atoms with van der Waals surface area (Å²) in [6.45, 7) is 6.47. The van der Waals surface area contributed by atoms with Crippen LogP contribution in [0.3, 0.4) is 0 Å². The molecule has 5 heteroatoms. The zero-order valence-electron chi connectivity index (χ0n) is 14.0. The molecule has 1 aromatic rings. The molecule has 23 heavy (non-hydrogen) atoms. The molecule has 0 radical (unpaired) electrons. The SMILES string of the molecule is C[C@H]1CCc2sc(C(=O)N3CCC4(CC3)OC[C@@H](C)O4)cc2C1. The lowest BCUT2D eigenvalue weighted by Gasteiger charge is -2.37. The molecule has 2 saturated heterocycles. The number of ether oxygens (including phenoxy) is 2. The average Bonchev–Trinajstić information content (AvgIpc) is 3.11. The molecular formula is C18H25NO3S. The van der Waals surface area contributed by atoms with Gasteiger partial charge in [-0.05, 0) is 43.7 Å². The van der Waals surface area contributed by atoms with Crippen LogP contribution in [0.4, 0.5) is 0 Å². The number of amides is 1. The summed E-state index contributed by atoms with van der Waals surface area (Å²) in [5, 5.41) is 0. The van der Waals surface area contributed by atoms with E-state index in [2.05, 4.69) is 13.0 Å². The molecule has 0 aromatic carbocycles. The molecule has 4 nitrogen and oxygen atoms in total. The van der Waals surface area contributed by atoms with Crippen LogP contribution in [0.2, 0.25) is 0 Å². The predicted octanol–water partition coefficient (Wildman–Crippen LogP) is 3.24. The number of thiophene rings is 1. The largest absolute Gasteiger partial charge is 0.347 e. The van der Waals surface area contributed by atoms with Gasteiger partial charge in [0.25, 0.3) is 5.91 Å². The van der Waals surface area contributed by atoms with Crippen molar-refractivity contribution in [1.82, 2.24) is 4.90 Å². The van der Waals surface area contributed by atoms with E-state index in [-0.39, 0.29) is 12.0 Å². The normalized spacial score (nSPS) is 29.7. The van der Waals surface area contributed by atoms with Crippen LogP contribution >= 0.6 is 11.3 Å². The predicted molar refractivity (Wildman–Crippen MR) is 89.9 cm³/mol. The molecule has 1 aromatic heterocycles. The fourth-order valence-corrected chi connectivity index (χ4v) is 5.16. The molecular weight excluding hydrogens is 310 g/mol. The van der Waals surface area contributed by atoms with Gasteiger partial charge in [-0.3, -0.25) is 4.79 Å². The highest BCUT2D eigenvalue weighted by atomic mass is 32.1. The Labute approximate surface area is 141 Å². The summed E-state index contributed by atoms with van der Waals surface area (Å²) in [5.74, 6) is 0.506. The maximum Gasteiger partial charge on any atom is 0.263 e. The number of aryl methyl sites for hydroxylation is 1. The summed E-state index contributed by atoms with van der Waals surface area (Å²) in [6, 6.07) is 2.15. The van der Waals surface area contributed by atoms with Crippen molar-refractivity contribution in [3.05, 3.63) is 21.4 Å². The van der Waals surface area contributed by atoms with Crippen molar-refractivity contribution in [2.45, 2.75) is 57.8 Å². The maximum absolute atomic E-state index is 12.8. The molecule has 0 N–H and O–H groups in total. The van der Waals surface area contributed by atoms with Crippen LogP contribution in [0.1, 0.15) is 53.2 Å². The van der Waals surface area contributed by atoms with Crippen LogP contribution < -0.4 is 0 Å². The molecule has 0 unspecified atom stereocenters. The number of carbonyl (C=O) groups excluding carboxylic acids is 1. The van der Waals surface area contributed by atoms with E-state index in [1.165, 1.54) is 16.9 Å². The smallest absolute Gasteiger partial charge is 0.263 e. The van der Waals surface area contributed by atoms with Gasteiger partial charge in [0.2, 0.25) is 0 Å². The topological polar surface area (TPSA) is 38.8 Å². The van der Waals surface area contributed by atoms with Gasteiger partial charge in [0.15, 0.2) is 5.79 Å². The zero-order chi connectivity index (χ0) is 16.0. The number of likely N-dealkylation sites (tertiary alicyclic amines) is 1. The summed E-state index contributed by atoms with van der Waals surface area (Å²) in [5.41, 5.74) is 1.40. The quantitative estimate of drug-likeness (QED) is 0.791. The van der Waals surface area contributed by atoms with Crippen LogP contribution in [-0.4, -0.2) is 42.4 Å². The van der Waals surface area contributed by atoms with Gasteiger partial charge >= 0.3 is 0 Å². The summed E-state index contributed by atoms with van der Waals surface area (Å²) < 4.78 is 11.8. The molecule has 0 saturated carbocycles. The Hall–Kier alpha value is -0.910. The van der Waals surface area contributed by atoms with Crippen molar-refractivity contribution >= 4 is 17.2 Å². The highest BCUT2D eigenvalue weighted by Crippen LogP contribution is 2.36. The van der Waals surface area contributed by atoms with E-state index in [0.717, 1.165) is 49.6 Å². The lowest BCUT2D eigenvalue weighted by Crippen LogP contribution is -2.47. The van der Waals surface area contributed by atoms with E-state index in [0.29, 0.717) is 6.61 Å². The second-order valence-corrected chi connectivity index (χ2v) is 8.49. The van der Waals surface area contributed by atoms with Crippen LogP contribution in [0, 0.1) is 5.92 Å². The van der Waals surface area contributed by atoms with Gasteiger partial charge in [-0.25, -0.2) is 0 Å². The van der Waals surface area contributed by atoms with Gasteiger partial charge in [-0.1, -0.05) is 6.92 Å². The van der Waals surface area contributed by atoms with E-state index in [4.69, 9.17) is 9.47 Å². The van der Waals surface area contributed by atoms with Crippen LogP contribution in [-0.2, 0) is 22.3 Å². The first-order chi connectivity index (χ1) is 11.0. The third kappa shape index (κ3) is 2.94. The standard InChI is InChI=1S/C18H25NO3S/c1-12-3-4-15-14(9-12)10-16(23-15)17(20)19-7-5-18(6-8-19)21-11-13(2)22-18/h10,12-13H,3-9,11H2,1-2H3/t12-,13+/m0/s1. The summed E-state index contributed by atoms with van der Waals surface area (Å²) in [7, 11) is 0. The van der Waals surface area contributed by atoms with Crippen LogP contribution in [0.5, 0.6) is 0 Å². The lowest BCUT2D eigenvalue weighted by atomic mass is 9.90. The van der Waals surface area contributed by atoms with Gasteiger partial charge in [0, 0.05) is 30.8 Å². The van der Waals surface area contributed by atoms with Gasteiger partial charge in [-0.2, -0.15) is 0 Å². The highest BCUT2D eigenvalue weighted by Gasteiger charge is 2.43. The molecule has 2 fully saturated rings. The number of carbonyl (C=O) groups is 1. The third-order valence-corrected chi connectivity index (χ3v) is 6.57. The molecule has 1 spiro atoms. The number of nitrogens with zero attached hydrogens (tertiary/aromatic N) is 1. The number of rotatable bonds is 1. The summed E-state index contributed by atoms with van der Waals surface area (Å²) >= 11 is 1.71. The van der Waals surface area contributed by atoms with Crippen molar-refractivity contribution < 1.29 is 14.3 Å². The van der Waals surface area contributed by atoms with Gasteiger partial charge in [0.1, 0.15) is 0 Å². The van der Waals surface area contributed by atoms with Crippen LogP contribution in [0.25, 0.3) is 0 Å². The van der Waals surface area contributed by atoms with E-state index in [1.54, 1.807) is 11.3 Å². The highest BCUT2D eigenvalue weighted by molar-refractivity contribution is 7.14. The molecule has 3 aliphatic rings. The Morgan fingerprint density at radius 1 is 1.35 bits per heavy atom. The monoisotopic (exact) mass is 335 g/mol. The van der Waals surface area contributed by atoms with E-state index in [9.17, 15) is 4.79 Å². The van der Waals surface area contributed by atoms with Crippen LogP contribution in [0.15, 0.2) is 6.07 Å². The summed E-state index contributed by atoms with van der Waals surface area (Å²) in [6.07, 6.45) is 5.25. The Bertz CT molecular complexity index is 603. The number of piperidine rings is 1. The minimum Gasteiger partial charge on any atom is -0.347 e. The minimum atomic E-state index is -0.430. The number of fused-ring (bicyclic) bond motifs is 1. The van der Waals surface area contributed by atoms with Gasteiger partial charge in [-0.15, -0.1) is 11.3 Å².